The molecule has 0 spiro atoms. The van der Waals surface area contributed by atoms with Gasteiger partial charge in [-0.15, -0.1) is 0 Å². The molecule has 5 N–H and O–H groups in total. The van der Waals surface area contributed by atoms with E-state index in [-0.39, 0.29) is 28.2 Å². The van der Waals surface area contributed by atoms with E-state index in [0.29, 0.717) is 11.3 Å². The third kappa shape index (κ3) is 5.23. The number of aryl methyl sites for hydroxylation is 1. The van der Waals surface area contributed by atoms with E-state index in [1.807, 2.05) is 19.1 Å². The number of nitrogens with two attached hydrogens (primary N) is 2. The van der Waals surface area contributed by atoms with Crippen molar-refractivity contribution < 1.29 is 18.8 Å². The average molecular weight is 510 g/mol. The highest BCUT2D eigenvalue weighted by atomic mass is 32.1. The number of halogens is 1. The van der Waals surface area contributed by atoms with Crippen molar-refractivity contribution in [3.8, 4) is 0 Å². The fourth-order valence-corrected chi connectivity index (χ4v) is 5.27. The van der Waals surface area contributed by atoms with Gasteiger partial charge in [-0.25, -0.2) is 4.39 Å². The molecule has 3 aromatic rings. The van der Waals surface area contributed by atoms with Gasteiger partial charge in [0.25, 0.3) is 11.8 Å². The summed E-state index contributed by atoms with van der Waals surface area (Å²) in [4.78, 5) is 40.9. The molecule has 1 atom stereocenters. The Morgan fingerprint density at radius 2 is 1.75 bits per heavy atom. The third-order valence-corrected chi connectivity index (χ3v) is 7.24. The number of carbonyl (C=O) groups excluding carboxylic acids is 3. The summed E-state index contributed by atoms with van der Waals surface area (Å²) < 4.78 is 17.8. The highest BCUT2D eigenvalue weighted by Crippen LogP contribution is 2.35. The van der Waals surface area contributed by atoms with Gasteiger partial charge in [0.15, 0.2) is 5.69 Å². The number of para-hydroxylation sites is 1. The lowest BCUT2D eigenvalue weighted by molar-refractivity contribution is -0.123. The molecule has 1 aliphatic rings. The van der Waals surface area contributed by atoms with Gasteiger partial charge >= 0.3 is 0 Å². The number of hydrogen-bond acceptors (Lipinski definition) is 6. The predicted octanol–water partition coefficient (Wildman–Crippen LogP) is 4.11. The summed E-state index contributed by atoms with van der Waals surface area (Å²) in [5, 5.41) is 3.10. The maximum absolute atomic E-state index is 14.0. The summed E-state index contributed by atoms with van der Waals surface area (Å²) in [5.74, 6) is -2.31. The van der Waals surface area contributed by atoms with Gasteiger partial charge in [0.1, 0.15) is 16.7 Å². The van der Waals surface area contributed by atoms with E-state index < -0.39 is 23.7 Å². The van der Waals surface area contributed by atoms with E-state index in [4.69, 9.17) is 11.5 Å². The van der Waals surface area contributed by atoms with Gasteiger partial charge in [0, 0.05) is 11.7 Å². The highest BCUT2D eigenvalue weighted by molar-refractivity contribution is 7.09. The number of nitrogens with one attached hydrogen (secondary N) is 1. The fourth-order valence-electron chi connectivity index (χ4n) is 4.53. The maximum atomic E-state index is 14.0. The summed E-state index contributed by atoms with van der Waals surface area (Å²) in [6.45, 7) is 1.82. The second-order valence-electron chi connectivity index (χ2n) is 8.90. The molecule has 1 aromatic heterocycles. The lowest BCUT2D eigenvalue weighted by Crippen LogP contribution is -2.47. The molecule has 10 heteroatoms. The van der Waals surface area contributed by atoms with Crippen molar-refractivity contribution >= 4 is 40.6 Å². The SMILES string of the molecule is Cc1ccccc1N(C(=O)c1snc(C(N)=O)c1N)[C@@H](C(=O)NC1CCCCC1)c1ccc(F)cc1. The van der Waals surface area contributed by atoms with Crippen LogP contribution >= 0.6 is 11.5 Å². The van der Waals surface area contributed by atoms with E-state index in [1.165, 1.54) is 29.2 Å². The molecule has 2 aromatic carbocycles. The van der Waals surface area contributed by atoms with Crippen LogP contribution in [0.15, 0.2) is 48.5 Å². The zero-order chi connectivity index (χ0) is 25.8. The van der Waals surface area contributed by atoms with Gasteiger partial charge in [-0.3, -0.25) is 19.3 Å². The van der Waals surface area contributed by atoms with E-state index in [9.17, 15) is 18.8 Å². The van der Waals surface area contributed by atoms with Gasteiger partial charge in [-0.2, -0.15) is 4.37 Å². The number of nitrogen functional groups attached to an aromatic ring is 1. The zero-order valence-electron chi connectivity index (χ0n) is 19.9. The van der Waals surface area contributed by atoms with Crippen molar-refractivity contribution in [2.24, 2.45) is 5.73 Å². The maximum Gasteiger partial charge on any atom is 0.273 e. The lowest BCUT2D eigenvalue weighted by atomic mass is 9.94. The molecule has 1 fully saturated rings. The second kappa shape index (κ2) is 10.9. The molecule has 1 heterocycles. The van der Waals surface area contributed by atoms with E-state index >= 15 is 0 Å². The van der Waals surface area contributed by atoms with E-state index in [1.54, 1.807) is 12.1 Å². The van der Waals surface area contributed by atoms with Crippen LogP contribution in [0.4, 0.5) is 15.8 Å². The monoisotopic (exact) mass is 509 g/mol. The van der Waals surface area contributed by atoms with Crippen LogP contribution < -0.4 is 21.7 Å². The summed E-state index contributed by atoms with van der Waals surface area (Å²) >= 11 is 0.745. The van der Waals surface area contributed by atoms with Crippen LogP contribution in [0.25, 0.3) is 0 Å². The number of nitrogens with zero attached hydrogens (tertiary/aromatic N) is 2. The molecule has 0 bridgehead atoms. The Balaban J connectivity index is 1.85. The Labute approximate surface area is 212 Å². The van der Waals surface area contributed by atoms with Crippen LogP contribution in [-0.4, -0.2) is 28.1 Å². The summed E-state index contributed by atoms with van der Waals surface area (Å²) in [6.07, 6.45) is 4.85. The summed E-state index contributed by atoms with van der Waals surface area (Å²) in [6, 6.07) is 11.5. The van der Waals surface area contributed by atoms with Gasteiger partial charge in [-0.05, 0) is 60.6 Å². The molecule has 0 saturated heterocycles. The lowest BCUT2D eigenvalue weighted by Gasteiger charge is -2.34. The molecular weight excluding hydrogens is 481 g/mol. The number of hydrogen-bond donors (Lipinski definition) is 3. The number of aromatic nitrogens is 1. The van der Waals surface area contributed by atoms with Crippen molar-refractivity contribution in [2.75, 3.05) is 10.6 Å². The minimum atomic E-state index is -1.13. The van der Waals surface area contributed by atoms with E-state index in [0.717, 1.165) is 49.2 Å². The van der Waals surface area contributed by atoms with Crippen LogP contribution in [0.1, 0.15) is 69.4 Å². The first-order valence-corrected chi connectivity index (χ1v) is 12.5. The standard InChI is InChI=1S/C26H28FN5O3S/c1-15-7-5-6-10-19(15)32(26(35)23-20(28)21(24(29)33)31-36-23)22(16-11-13-17(27)14-12-16)25(34)30-18-8-3-2-4-9-18/h5-7,10-14,18,22H,2-4,8-9,28H2,1H3,(H2,29,33)(H,30,34)/t22-/m1/s1. The smallest absolute Gasteiger partial charge is 0.273 e. The largest absolute Gasteiger partial charge is 0.395 e. The molecule has 4 rings (SSSR count). The van der Waals surface area contributed by atoms with Crippen molar-refractivity contribution in [1.29, 1.82) is 0 Å². The number of carbonyl (C=O) groups is 3. The minimum absolute atomic E-state index is 0.00960. The Bertz CT molecular complexity index is 1270. The average Bonchev–Trinajstić information content (AvgIpc) is 3.25. The van der Waals surface area contributed by atoms with Crippen molar-refractivity contribution in [3.05, 3.63) is 76.0 Å². The van der Waals surface area contributed by atoms with Crippen LogP contribution in [0.5, 0.6) is 0 Å². The first kappa shape index (κ1) is 25.3. The normalized spacial score (nSPS) is 14.7. The quantitative estimate of drug-likeness (QED) is 0.441. The predicted molar refractivity (Wildman–Crippen MR) is 137 cm³/mol. The molecule has 188 valence electrons. The molecule has 0 unspecified atom stereocenters. The molecule has 1 aliphatic carbocycles. The number of anilines is 2. The zero-order valence-corrected chi connectivity index (χ0v) is 20.7. The Kier molecular flexibility index (Phi) is 7.64. The van der Waals surface area contributed by atoms with Gasteiger partial charge < -0.3 is 16.8 Å². The molecule has 3 amide bonds. The van der Waals surface area contributed by atoms with Crippen LogP contribution in [0, 0.1) is 12.7 Å². The number of amides is 3. The molecular formula is C26H28FN5O3S. The molecule has 8 nitrogen and oxygen atoms in total. The van der Waals surface area contributed by atoms with Crippen molar-refractivity contribution in [2.45, 2.75) is 51.1 Å². The highest BCUT2D eigenvalue weighted by Gasteiger charge is 2.37. The van der Waals surface area contributed by atoms with Gasteiger partial charge in [0.2, 0.25) is 5.91 Å². The summed E-state index contributed by atoms with van der Waals surface area (Å²) in [7, 11) is 0. The molecule has 36 heavy (non-hydrogen) atoms. The van der Waals surface area contributed by atoms with Crippen molar-refractivity contribution in [3.63, 3.8) is 0 Å². The molecule has 1 saturated carbocycles. The first-order valence-electron chi connectivity index (χ1n) is 11.8. The summed E-state index contributed by atoms with van der Waals surface area (Å²) in [5.41, 5.74) is 12.8. The van der Waals surface area contributed by atoms with Gasteiger partial charge in [0.05, 0.1) is 5.69 Å². The molecule has 0 aliphatic heterocycles. The number of primary amides is 1. The Hall–Kier alpha value is -3.79. The number of benzene rings is 2. The molecule has 0 radical (unpaired) electrons. The minimum Gasteiger partial charge on any atom is -0.395 e. The third-order valence-electron chi connectivity index (χ3n) is 6.39. The Morgan fingerprint density at radius 3 is 2.36 bits per heavy atom. The van der Waals surface area contributed by atoms with Crippen LogP contribution in [0.2, 0.25) is 0 Å². The topological polar surface area (TPSA) is 131 Å². The Morgan fingerprint density at radius 1 is 1.08 bits per heavy atom. The van der Waals surface area contributed by atoms with E-state index in [2.05, 4.69) is 9.69 Å². The van der Waals surface area contributed by atoms with Crippen LogP contribution in [0.3, 0.4) is 0 Å². The second-order valence-corrected chi connectivity index (χ2v) is 9.67. The first-order chi connectivity index (χ1) is 17.3. The fraction of sp³-hybridized carbons (Fsp3) is 0.308. The number of rotatable bonds is 7. The van der Waals surface area contributed by atoms with Gasteiger partial charge in [-0.1, -0.05) is 49.6 Å². The van der Waals surface area contributed by atoms with Crippen LogP contribution in [-0.2, 0) is 4.79 Å². The van der Waals surface area contributed by atoms with Crippen molar-refractivity contribution in [1.82, 2.24) is 9.69 Å².